The van der Waals surface area contributed by atoms with Crippen molar-refractivity contribution in [1.82, 2.24) is 15.5 Å². The second kappa shape index (κ2) is 10.4. The number of benzene rings is 1. The standard InChI is InChI=1S/C20H30N4O3/c25-19(6-8-24-9-11-27-12-10-24)23-18-5-1-3-16(13-18)14-22-20(26)17-4-2-7-21-15-17/h1,3,5,13,17,21H,2,4,6-12,14-15H2,(H,22,26)(H,23,25). The van der Waals surface area contributed by atoms with Crippen molar-refractivity contribution in [3.8, 4) is 0 Å². The van der Waals surface area contributed by atoms with E-state index in [0.29, 0.717) is 13.0 Å². The van der Waals surface area contributed by atoms with E-state index >= 15 is 0 Å². The van der Waals surface area contributed by atoms with E-state index in [1.165, 1.54) is 0 Å². The van der Waals surface area contributed by atoms with E-state index in [4.69, 9.17) is 4.74 Å². The lowest BCUT2D eigenvalue weighted by Crippen LogP contribution is -2.40. The van der Waals surface area contributed by atoms with Crippen molar-refractivity contribution in [2.75, 3.05) is 51.3 Å². The second-order valence-electron chi connectivity index (χ2n) is 7.21. The Balaban J connectivity index is 1.42. The highest BCUT2D eigenvalue weighted by Crippen LogP contribution is 2.13. The molecule has 2 amide bonds. The molecule has 1 aromatic carbocycles. The van der Waals surface area contributed by atoms with Crippen LogP contribution in [-0.2, 0) is 20.9 Å². The summed E-state index contributed by atoms with van der Waals surface area (Å²) in [7, 11) is 0. The summed E-state index contributed by atoms with van der Waals surface area (Å²) in [4.78, 5) is 26.7. The molecule has 1 atom stereocenters. The van der Waals surface area contributed by atoms with Gasteiger partial charge in [0.2, 0.25) is 11.8 Å². The minimum absolute atomic E-state index is 0.0101. The SMILES string of the molecule is O=C(CCN1CCOCC1)Nc1cccc(CNC(=O)C2CCCNC2)c1. The van der Waals surface area contributed by atoms with Gasteiger partial charge in [-0.2, -0.15) is 0 Å². The van der Waals surface area contributed by atoms with E-state index in [1.807, 2.05) is 24.3 Å². The lowest BCUT2D eigenvalue weighted by molar-refractivity contribution is -0.125. The first-order valence-electron chi connectivity index (χ1n) is 9.88. The van der Waals surface area contributed by atoms with Crippen LogP contribution in [0.5, 0.6) is 0 Å². The summed E-state index contributed by atoms with van der Waals surface area (Å²) in [5, 5.41) is 9.22. The average Bonchev–Trinajstić information content (AvgIpc) is 2.72. The van der Waals surface area contributed by atoms with Crippen LogP contribution < -0.4 is 16.0 Å². The summed E-state index contributed by atoms with van der Waals surface area (Å²) in [5.74, 6) is 0.167. The van der Waals surface area contributed by atoms with Crippen molar-refractivity contribution in [3.05, 3.63) is 29.8 Å². The first-order chi connectivity index (χ1) is 13.2. The smallest absolute Gasteiger partial charge is 0.225 e. The van der Waals surface area contributed by atoms with Gasteiger partial charge in [0.25, 0.3) is 0 Å². The Morgan fingerprint density at radius 3 is 2.89 bits per heavy atom. The molecule has 27 heavy (non-hydrogen) atoms. The summed E-state index contributed by atoms with van der Waals surface area (Å²) in [6.45, 7) is 6.24. The molecule has 2 heterocycles. The molecule has 3 N–H and O–H groups in total. The van der Waals surface area contributed by atoms with Crippen molar-refractivity contribution >= 4 is 17.5 Å². The Kier molecular flexibility index (Phi) is 7.62. The molecule has 2 aliphatic heterocycles. The van der Waals surface area contributed by atoms with Crippen LogP contribution in [0.4, 0.5) is 5.69 Å². The van der Waals surface area contributed by atoms with Gasteiger partial charge >= 0.3 is 0 Å². The third-order valence-corrected chi connectivity index (χ3v) is 5.10. The van der Waals surface area contributed by atoms with Gasteiger partial charge in [-0.3, -0.25) is 14.5 Å². The molecule has 2 saturated heterocycles. The molecule has 3 rings (SSSR count). The molecule has 1 aromatic rings. The molecule has 0 bridgehead atoms. The molecule has 7 heteroatoms. The lowest BCUT2D eigenvalue weighted by Gasteiger charge is -2.26. The molecule has 0 saturated carbocycles. The van der Waals surface area contributed by atoms with Gasteiger partial charge in [-0.25, -0.2) is 0 Å². The number of anilines is 1. The zero-order chi connectivity index (χ0) is 18.9. The normalized spacial score (nSPS) is 20.8. The number of carbonyl (C=O) groups excluding carboxylic acids is 2. The van der Waals surface area contributed by atoms with Crippen molar-refractivity contribution in [3.63, 3.8) is 0 Å². The van der Waals surface area contributed by atoms with Crippen LogP contribution in [0.25, 0.3) is 0 Å². The number of nitrogens with zero attached hydrogens (tertiary/aromatic N) is 1. The molecule has 0 aliphatic carbocycles. The fourth-order valence-corrected chi connectivity index (χ4v) is 3.48. The maximum absolute atomic E-state index is 12.2. The van der Waals surface area contributed by atoms with Crippen LogP contribution >= 0.6 is 0 Å². The Morgan fingerprint density at radius 2 is 2.11 bits per heavy atom. The van der Waals surface area contributed by atoms with Gasteiger partial charge in [-0.15, -0.1) is 0 Å². The molecule has 0 spiro atoms. The fourth-order valence-electron chi connectivity index (χ4n) is 3.48. The molecule has 2 fully saturated rings. The number of rotatable bonds is 7. The number of piperidine rings is 1. The van der Waals surface area contributed by atoms with E-state index in [1.54, 1.807) is 0 Å². The highest BCUT2D eigenvalue weighted by molar-refractivity contribution is 5.90. The summed E-state index contributed by atoms with van der Waals surface area (Å²) in [6, 6.07) is 7.67. The highest BCUT2D eigenvalue weighted by atomic mass is 16.5. The predicted molar refractivity (Wildman–Crippen MR) is 104 cm³/mol. The highest BCUT2D eigenvalue weighted by Gasteiger charge is 2.20. The number of nitrogens with one attached hydrogen (secondary N) is 3. The third-order valence-electron chi connectivity index (χ3n) is 5.10. The van der Waals surface area contributed by atoms with Gasteiger partial charge in [0.05, 0.1) is 19.1 Å². The molecular weight excluding hydrogens is 344 g/mol. The molecule has 1 unspecified atom stereocenters. The molecule has 2 aliphatic rings. The summed E-state index contributed by atoms with van der Waals surface area (Å²) >= 11 is 0. The number of amides is 2. The van der Waals surface area contributed by atoms with Gasteiger partial charge in [0.1, 0.15) is 0 Å². The number of hydrogen-bond donors (Lipinski definition) is 3. The van der Waals surface area contributed by atoms with Gasteiger partial charge in [-0.05, 0) is 37.1 Å². The predicted octanol–water partition coefficient (Wildman–Crippen LogP) is 0.963. The number of hydrogen-bond acceptors (Lipinski definition) is 5. The zero-order valence-corrected chi connectivity index (χ0v) is 15.8. The van der Waals surface area contributed by atoms with Crippen molar-refractivity contribution in [2.45, 2.75) is 25.8 Å². The van der Waals surface area contributed by atoms with E-state index < -0.39 is 0 Å². The number of carbonyl (C=O) groups is 2. The Labute approximate surface area is 160 Å². The zero-order valence-electron chi connectivity index (χ0n) is 15.8. The molecular formula is C20H30N4O3. The Morgan fingerprint density at radius 1 is 1.26 bits per heavy atom. The molecule has 0 radical (unpaired) electrons. The second-order valence-corrected chi connectivity index (χ2v) is 7.21. The molecule has 0 aromatic heterocycles. The van der Waals surface area contributed by atoms with Gasteiger partial charge in [0.15, 0.2) is 0 Å². The minimum atomic E-state index is 0.0101. The van der Waals surface area contributed by atoms with Crippen molar-refractivity contribution in [1.29, 1.82) is 0 Å². The summed E-state index contributed by atoms with van der Waals surface area (Å²) in [5.41, 5.74) is 1.76. The summed E-state index contributed by atoms with van der Waals surface area (Å²) in [6.07, 6.45) is 2.46. The topological polar surface area (TPSA) is 82.7 Å². The monoisotopic (exact) mass is 374 g/mol. The fraction of sp³-hybridized carbons (Fsp3) is 0.600. The first-order valence-corrected chi connectivity index (χ1v) is 9.88. The van der Waals surface area contributed by atoms with Crippen LogP contribution in [-0.4, -0.2) is 62.7 Å². The molecule has 148 valence electrons. The average molecular weight is 374 g/mol. The Bertz CT molecular complexity index is 625. The lowest BCUT2D eigenvalue weighted by atomic mass is 9.99. The van der Waals surface area contributed by atoms with Gasteiger partial charge < -0.3 is 20.7 Å². The quantitative estimate of drug-likeness (QED) is 0.662. The van der Waals surface area contributed by atoms with Crippen LogP contribution in [0.3, 0.4) is 0 Å². The van der Waals surface area contributed by atoms with Crippen LogP contribution in [0, 0.1) is 5.92 Å². The van der Waals surface area contributed by atoms with Crippen LogP contribution in [0.1, 0.15) is 24.8 Å². The summed E-state index contributed by atoms with van der Waals surface area (Å²) < 4.78 is 5.32. The number of morpholine rings is 1. The van der Waals surface area contributed by atoms with Crippen molar-refractivity contribution < 1.29 is 14.3 Å². The first kappa shape index (κ1) is 19.8. The van der Waals surface area contributed by atoms with Crippen LogP contribution in [0.15, 0.2) is 24.3 Å². The van der Waals surface area contributed by atoms with Crippen LogP contribution in [0.2, 0.25) is 0 Å². The van der Waals surface area contributed by atoms with E-state index in [9.17, 15) is 9.59 Å². The van der Waals surface area contributed by atoms with Gasteiger partial charge in [0, 0.05) is 44.8 Å². The maximum atomic E-state index is 12.2. The van der Waals surface area contributed by atoms with Crippen molar-refractivity contribution in [2.24, 2.45) is 5.92 Å². The van der Waals surface area contributed by atoms with E-state index in [2.05, 4.69) is 20.9 Å². The number of ether oxygens (including phenoxy) is 1. The minimum Gasteiger partial charge on any atom is -0.379 e. The Hall–Kier alpha value is -1.96. The van der Waals surface area contributed by atoms with Gasteiger partial charge in [-0.1, -0.05) is 12.1 Å². The third kappa shape index (κ3) is 6.61. The molecule has 7 nitrogen and oxygen atoms in total. The van der Waals surface area contributed by atoms with E-state index in [0.717, 1.165) is 70.0 Å². The maximum Gasteiger partial charge on any atom is 0.225 e. The largest absolute Gasteiger partial charge is 0.379 e. The van der Waals surface area contributed by atoms with E-state index in [-0.39, 0.29) is 17.7 Å².